The third-order valence-corrected chi connectivity index (χ3v) is 2.45. The van der Waals surface area contributed by atoms with Gasteiger partial charge < -0.3 is 16.4 Å². The molecule has 1 rings (SSSR count). The predicted molar refractivity (Wildman–Crippen MR) is 52.2 cm³/mol. The minimum Gasteiger partial charge on any atom is -0.368 e. The highest BCUT2D eigenvalue weighted by atomic mass is 16.2. The molecule has 2 unspecified atom stereocenters. The lowest BCUT2D eigenvalue weighted by Gasteiger charge is -2.21. The molecule has 0 aromatic rings. The first-order chi connectivity index (χ1) is 6.56. The third kappa shape index (κ3) is 2.23. The summed E-state index contributed by atoms with van der Waals surface area (Å²) < 4.78 is 0. The SMILES string of the molecule is CCCC(=O)N1CC(N)CC1C(N)=O. The van der Waals surface area contributed by atoms with E-state index in [1.807, 2.05) is 6.92 Å². The first-order valence-corrected chi connectivity index (χ1v) is 4.90. The molecule has 5 heteroatoms. The zero-order chi connectivity index (χ0) is 10.7. The molecule has 1 saturated heterocycles. The number of hydrogen-bond acceptors (Lipinski definition) is 3. The van der Waals surface area contributed by atoms with Gasteiger partial charge in [0.1, 0.15) is 6.04 Å². The average molecular weight is 199 g/mol. The highest BCUT2D eigenvalue weighted by molar-refractivity contribution is 5.87. The lowest BCUT2D eigenvalue weighted by molar-refractivity contribution is -0.137. The third-order valence-electron chi connectivity index (χ3n) is 2.45. The van der Waals surface area contributed by atoms with Gasteiger partial charge in [0.15, 0.2) is 0 Å². The molecule has 1 aliphatic heterocycles. The molecule has 2 amide bonds. The topological polar surface area (TPSA) is 89.4 Å². The van der Waals surface area contributed by atoms with E-state index in [1.165, 1.54) is 4.90 Å². The fourth-order valence-corrected chi connectivity index (χ4v) is 1.77. The Balaban J connectivity index is 2.66. The smallest absolute Gasteiger partial charge is 0.240 e. The second kappa shape index (κ2) is 4.41. The summed E-state index contributed by atoms with van der Waals surface area (Å²) in [4.78, 5) is 24.1. The van der Waals surface area contributed by atoms with Crippen LogP contribution in [0.1, 0.15) is 26.2 Å². The van der Waals surface area contributed by atoms with Crippen molar-refractivity contribution in [2.75, 3.05) is 6.54 Å². The number of nitrogens with zero attached hydrogens (tertiary/aromatic N) is 1. The van der Waals surface area contributed by atoms with E-state index in [9.17, 15) is 9.59 Å². The van der Waals surface area contributed by atoms with Gasteiger partial charge in [0.05, 0.1) is 0 Å². The zero-order valence-corrected chi connectivity index (χ0v) is 8.40. The summed E-state index contributed by atoms with van der Waals surface area (Å²) in [5.41, 5.74) is 10.9. The summed E-state index contributed by atoms with van der Waals surface area (Å²) in [6.45, 7) is 2.37. The first kappa shape index (κ1) is 11.0. The van der Waals surface area contributed by atoms with Crippen molar-refractivity contribution in [2.24, 2.45) is 11.5 Å². The molecular formula is C9H17N3O2. The molecule has 0 saturated carbocycles. The van der Waals surface area contributed by atoms with Gasteiger partial charge in [-0.25, -0.2) is 0 Å². The Labute approximate surface area is 83.4 Å². The number of likely N-dealkylation sites (tertiary alicyclic amines) is 1. The summed E-state index contributed by atoms with van der Waals surface area (Å²) >= 11 is 0. The van der Waals surface area contributed by atoms with Crippen LogP contribution >= 0.6 is 0 Å². The summed E-state index contributed by atoms with van der Waals surface area (Å²) in [7, 11) is 0. The van der Waals surface area contributed by atoms with E-state index in [0.29, 0.717) is 19.4 Å². The predicted octanol–water partition coefficient (Wildman–Crippen LogP) is -0.800. The average Bonchev–Trinajstić information content (AvgIpc) is 2.48. The van der Waals surface area contributed by atoms with Gasteiger partial charge in [-0.15, -0.1) is 0 Å². The molecule has 1 heterocycles. The molecule has 2 atom stereocenters. The van der Waals surface area contributed by atoms with Crippen LogP contribution < -0.4 is 11.5 Å². The number of primary amides is 1. The molecule has 0 bridgehead atoms. The summed E-state index contributed by atoms with van der Waals surface area (Å²) in [6, 6.07) is -0.614. The van der Waals surface area contributed by atoms with Crippen LogP contribution in [0.25, 0.3) is 0 Å². The van der Waals surface area contributed by atoms with Crippen LogP contribution in [0.3, 0.4) is 0 Å². The van der Waals surface area contributed by atoms with Crippen LogP contribution in [0.4, 0.5) is 0 Å². The maximum Gasteiger partial charge on any atom is 0.240 e. The van der Waals surface area contributed by atoms with Crippen molar-refractivity contribution < 1.29 is 9.59 Å². The van der Waals surface area contributed by atoms with Gasteiger partial charge in [0.2, 0.25) is 11.8 Å². The van der Waals surface area contributed by atoms with Crippen molar-refractivity contribution in [3.63, 3.8) is 0 Å². The van der Waals surface area contributed by atoms with E-state index in [2.05, 4.69) is 0 Å². The molecule has 0 aliphatic carbocycles. The van der Waals surface area contributed by atoms with Crippen LogP contribution in [0.2, 0.25) is 0 Å². The number of carbonyl (C=O) groups is 2. The molecule has 0 radical (unpaired) electrons. The molecule has 1 fully saturated rings. The Morgan fingerprint density at radius 2 is 2.14 bits per heavy atom. The number of amides is 2. The zero-order valence-electron chi connectivity index (χ0n) is 8.40. The molecule has 0 spiro atoms. The van der Waals surface area contributed by atoms with Gasteiger partial charge in [-0.1, -0.05) is 6.92 Å². The van der Waals surface area contributed by atoms with Crippen molar-refractivity contribution in [1.29, 1.82) is 0 Å². The number of carbonyl (C=O) groups excluding carboxylic acids is 2. The van der Waals surface area contributed by atoms with Crippen LogP contribution in [0.15, 0.2) is 0 Å². The van der Waals surface area contributed by atoms with Gasteiger partial charge >= 0.3 is 0 Å². The van der Waals surface area contributed by atoms with Crippen molar-refractivity contribution in [1.82, 2.24) is 4.90 Å². The highest BCUT2D eigenvalue weighted by Gasteiger charge is 2.36. The van der Waals surface area contributed by atoms with Crippen molar-refractivity contribution >= 4 is 11.8 Å². The van der Waals surface area contributed by atoms with Crippen LogP contribution in [0.5, 0.6) is 0 Å². The van der Waals surface area contributed by atoms with Crippen LogP contribution in [0, 0.1) is 0 Å². The molecular weight excluding hydrogens is 182 g/mol. The Kier molecular flexibility index (Phi) is 3.46. The lowest BCUT2D eigenvalue weighted by Crippen LogP contribution is -2.43. The lowest BCUT2D eigenvalue weighted by atomic mass is 10.1. The van der Waals surface area contributed by atoms with Crippen molar-refractivity contribution in [2.45, 2.75) is 38.3 Å². The number of hydrogen-bond donors (Lipinski definition) is 2. The number of nitrogens with two attached hydrogens (primary N) is 2. The maximum absolute atomic E-state index is 11.6. The molecule has 0 aromatic heterocycles. The summed E-state index contributed by atoms with van der Waals surface area (Å²) in [5.74, 6) is -0.480. The second-order valence-electron chi connectivity index (χ2n) is 3.71. The van der Waals surface area contributed by atoms with Crippen molar-refractivity contribution in [3.8, 4) is 0 Å². The van der Waals surface area contributed by atoms with Crippen molar-refractivity contribution in [3.05, 3.63) is 0 Å². The fourth-order valence-electron chi connectivity index (χ4n) is 1.77. The Bertz CT molecular complexity index is 242. The molecule has 80 valence electrons. The number of rotatable bonds is 3. The standard InChI is InChI=1S/C9H17N3O2/c1-2-3-8(13)12-5-6(10)4-7(12)9(11)14/h6-7H,2-5,10H2,1H3,(H2,11,14). The quantitative estimate of drug-likeness (QED) is 0.623. The van der Waals surface area contributed by atoms with E-state index in [-0.39, 0.29) is 11.9 Å². The minimum absolute atomic E-state index is 0.0238. The fraction of sp³-hybridized carbons (Fsp3) is 0.778. The minimum atomic E-state index is -0.496. The van der Waals surface area contributed by atoms with E-state index in [1.54, 1.807) is 0 Å². The molecule has 4 N–H and O–H groups in total. The van der Waals surface area contributed by atoms with E-state index < -0.39 is 11.9 Å². The van der Waals surface area contributed by atoms with E-state index in [0.717, 1.165) is 6.42 Å². The Morgan fingerprint density at radius 3 is 2.64 bits per heavy atom. The largest absolute Gasteiger partial charge is 0.368 e. The monoisotopic (exact) mass is 199 g/mol. The van der Waals surface area contributed by atoms with Gasteiger partial charge in [-0.05, 0) is 12.8 Å². The van der Waals surface area contributed by atoms with Gasteiger partial charge in [-0.3, -0.25) is 9.59 Å². The van der Waals surface area contributed by atoms with Crippen LogP contribution in [-0.4, -0.2) is 35.3 Å². The maximum atomic E-state index is 11.6. The van der Waals surface area contributed by atoms with E-state index >= 15 is 0 Å². The van der Waals surface area contributed by atoms with Gasteiger partial charge in [-0.2, -0.15) is 0 Å². The first-order valence-electron chi connectivity index (χ1n) is 4.90. The highest BCUT2D eigenvalue weighted by Crippen LogP contribution is 2.17. The van der Waals surface area contributed by atoms with Gasteiger partial charge in [0, 0.05) is 19.0 Å². The second-order valence-corrected chi connectivity index (χ2v) is 3.71. The summed E-state index contributed by atoms with van der Waals surface area (Å²) in [5, 5.41) is 0. The van der Waals surface area contributed by atoms with E-state index in [4.69, 9.17) is 11.5 Å². The molecule has 1 aliphatic rings. The normalized spacial score (nSPS) is 26.6. The molecule has 14 heavy (non-hydrogen) atoms. The Morgan fingerprint density at radius 1 is 1.50 bits per heavy atom. The Hall–Kier alpha value is -1.10. The van der Waals surface area contributed by atoms with Crippen LogP contribution in [-0.2, 0) is 9.59 Å². The molecule has 0 aromatic carbocycles. The summed E-state index contributed by atoms with van der Waals surface area (Å²) in [6.07, 6.45) is 1.72. The van der Waals surface area contributed by atoms with Gasteiger partial charge in [0.25, 0.3) is 0 Å². The molecule has 5 nitrogen and oxygen atoms in total.